The maximum absolute atomic E-state index is 10.9. The third kappa shape index (κ3) is 2.99. The average molecular weight is 233 g/mol. The molecule has 1 saturated heterocycles. The highest BCUT2D eigenvalue weighted by molar-refractivity contribution is 5.68. The third-order valence-electron chi connectivity index (χ3n) is 3.48. The number of rotatable bonds is 3. The van der Waals surface area contributed by atoms with Gasteiger partial charge in [-0.2, -0.15) is 0 Å². The van der Waals surface area contributed by atoms with Crippen molar-refractivity contribution in [1.29, 1.82) is 0 Å². The van der Waals surface area contributed by atoms with E-state index in [1.807, 2.05) is 18.2 Å². The van der Waals surface area contributed by atoms with E-state index in [1.54, 1.807) is 0 Å². The monoisotopic (exact) mass is 233 g/mol. The van der Waals surface area contributed by atoms with E-state index in [0.29, 0.717) is 0 Å². The van der Waals surface area contributed by atoms with Crippen LogP contribution < -0.4 is 4.90 Å². The van der Waals surface area contributed by atoms with Crippen molar-refractivity contribution in [2.45, 2.75) is 26.2 Å². The molecular formula is C14H19NO2. The Balaban J connectivity index is 2.09. The Morgan fingerprint density at radius 1 is 1.41 bits per heavy atom. The fourth-order valence-corrected chi connectivity index (χ4v) is 2.68. The number of hydrogen-bond acceptors (Lipinski definition) is 2. The summed E-state index contributed by atoms with van der Waals surface area (Å²) in [5.74, 6) is -0.692. The van der Waals surface area contributed by atoms with Crippen LogP contribution in [0, 0.1) is 5.41 Å². The summed E-state index contributed by atoms with van der Waals surface area (Å²) in [6, 6.07) is 10.2. The molecule has 0 aliphatic carbocycles. The van der Waals surface area contributed by atoms with E-state index >= 15 is 0 Å². The summed E-state index contributed by atoms with van der Waals surface area (Å²) in [5, 5.41) is 8.97. The molecule has 0 aromatic heterocycles. The Labute approximate surface area is 102 Å². The van der Waals surface area contributed by atoms with Crippen molar-refractivity contribution in [3.8, 4) is 0 Å². The van der Waals surface area contributed by atoms with E-state index in [0.717, 1.165) is 25.9 Å². The zero-order chi connectivity index (χ0) is 12.3. The summed E-state index contributed by atoms with van der Waals surface area (Å²) in [4.78, 5) is 13.2. The molecule has 0 saturated carbocycles. The Morgan fingerprint density at radius 2 is 2.12 bits per heavy atom. The summed E-state index contributed by atoms with van der Waals surface area (Å²) in [6.45, 7) is 3.94. The minimum Gasteiger partial charge on any atom is -0.481 e. The maximum Gasteiger partial charge on any atom is 0.303 e. The number of hydrogen-bond donors (Lipinski definition) is 1. The zero-order valence-electron chi connectivity index (χ0n) is 10.2. The molecule has 1 atom stereocenters. The van der Waals surface area contributed by atoms with Crippen molar-refractivity contribution in [3.05, 3.63) is 30.3 Å². The van der Waals surface area contributed by atoms with Crippen molar-refractivity contribution >= 4 is 11.7 Å². The number of para-hydroxylation sites is 1. The van der Waals surface area contributed by atoms with E-state index < -0.39 is 5.97 Å². The lowest BCUT2D eigenvalue weighted by molar-refractivity contribution is -0.139. The Bertz CT molecular complexity index is 390. The summed E-state index contributed by atoms with van der Waals surface area (Å²) >= 11 is 0. The Hall–Kier alpha value is -1.51. The smallest absolute Gasteiger partial charge is 0.303 e. The standard InChI is InChI=1S/C14H19NO2/c1-14(10-13(16)17)8-5-9-15(11-14)12-6-3-2-4-7-12/h2-4,6-7H,5,8-11H2,1H3,(H,16,17). The van der Waals surface area contributed by atoms with Gasteiger partial charge >= 0.3 is 5.97 Å². The molecule has 92 valence electrons. The van der Waals surface area contributed by atoms with Gasteiger partial charge in [0.2, 0.25) is 0 Å². The number of nitrogens with zero attached hydrogens (tertiary/aromatic N) is 1. The second-order valence-electron chi connectivity index (χ2n) is 5.24. The quantitative estimate of drug-likeness (QED) is 0.872. The van der Waals surface area contributed by atoms with Crippen LogP contribution in [0.15, 0.2) is 30.3 Å². The minimum atomic E-state index is -0.692. The van der Waals surface area contributed by atoms with E-state index in [1.165, 1.54) is 5.69 Å². The SMILES string of the molecule is CC1(CC(=O)O)CCCN(c2ccccc2)C1. The molecule has 1 fully saturated rings. The van der Waals surface area contributed by atoms with Crippen molar-refractivity contribution in [1.82, 2.24) is 0 Å². The van der Waals surface area contributed by atoms with Gasteiger partial charge in [0.25, 0.3) is 0 Å². The molecule has 0 spiro atoms. The van der Waals surface area contributed by atoms with Crippen LogP contribution in [0.4, 0.5) is 5.69 Å². The van der Waals surface area contributed by atoms with Gasteiger partial charge in [0, 0.05) is 18.8 Å². The molecule has 1 N–H and O–H groups in total. The lowest BCUT2D eigenvalue weighted by Gasteiger charge is -2.41. The Morgan fingerprint density at radius 3 is 2.76 bits per heavy atom. The normalized spacial score (nSPS) is 24.6. The maximum atomic E-state index is 10.9. The molecule has 0 amide bonds. The first-order chi connectivity index (χ1) is 8.09. The van der Waals surface area contributed by atoms with Gasteiger partial charge in [0.15, 0.2) is 0 Å². The van der Waals surface area contributed by atoms with E-state index in [2.05, 4.69) is 24.0 Å². The average Bonchev–Trinajstić information content (AvgIpc) is 2.28. The van der Waals surface area contributed by atoms with Crippen LogP contribution in [0.25, 0.3) is 0 Å². The molecule has 3 nitrogen and oxygen atoms in total. The molecule has 3 heteroatoms. The number of carbonyl (C=O) groups is 1. The largest absolute Gasteiger partial charge is 0.481 e. The first-order valence-electron chi connectivity index (χ1n) is 6.11. The van der Waals surface area contributed by atoms with E-state index in [-0.39, 0.29) is 11.8 Å². The summed E-state index contributed by atoms with van der Waals surface area (Å²) in [7, 11) is 0. The summed E-state index contributed by atoms with van der Waals surface area (Å²) < 4.78 is 0. The molecule has 2 rings (SSSR count). The second kappa shape index (κ2) is 4.78. The van der Waals surface area contributed by atoms with Crippen molar-refractivity contribution in [3.63, 3.8) is 0 Å². The molecule has 0 bridgehead atoms. The molecular weight excluding hydrogens is 214 g/mol. The second-order valence-corrected chi connectivity index (χ2v) is 5.24. The minimum absolute atomic E-state index is 0.0973. The topological polar surface area (TPSA) is 40.5 Å². The van der Waals surface area contributed by atoms with Crippen molar-refractivity contribution in [2.24, 2.45) is 5.41 Å². The van der Waals surface area contributed by atoms with Gasteiger partial charge in [-0.05, 0) is 30.4 Å². The van der Waals surface area contributed by atoms with Crippen LogP contribution >= 0.6 is 0 Å². The van der Waals surface area contributed by atoms with Crippen molar-refractivity contribution in [2.75, 3.05) is 18.0 Å². The van der Waals surface area contributed by atoms with Crippen LogP contribution in [0.2, 0.25) is 0 Å². The molecule has 1 aromatic rings. The van der Waals surface area contributed by atoms with Gasteiger partial charge in [-0.25, -0.2) is 0 Å². The molecule has 1 heterocycles. The van der Waals surface area contributed by atoms with Gasteiger partial charge in [0.1, 0.15) is 0 Å². The molecule has 0 radical (unpaired) electrons. The fraction of sp³-hybridized carbons (Fsp3) is 0.500. The van der Waals surface area contributed by atoms with Gasteiger partial charge < -0.3 is 10.0 Å². The number of carboxylic acid groups (broad SMARTS) is 1. The van der Waals surface area contributed by atoms with E-state index in [9.17, 15) is 4.79 Å². The number of aliphatic carboxylic acids is 1. The molecule has 1 aromatic carbocycles. The number of benzene rings is 1. The highest BCUT2D eigenvalue weighted by Gasteiger charge is 2.33. The van der Waals surface area contributed by atoms with E-state index in [4.69, 9.17) is 5.11 Å². The number of piperidine rings is 1. The van der Waals surface area contributed by atoms with Gasteiger partial charge in [-0.15, -0.1) is 0 Å². The van der Waals surface area contributed by atoms with Crippen molar-refractivity contribution < 1.29 is 9.90 Å². The molecule has 1 aliphatic heterocycles. The lowest BCUT2D eigenvalue weighted by Crippen LogP contribution is -2.42. The molecule has 17 heavy (non-hydrogen) atoms. The number of anilines is 1. The predicted molar refractivity (Wildman–Crippen MR) is 68.2 cm³/mol. The lowest BCUT2D eigenvalue weighted by atomic mass is 9.79. The molecule has 1 unspecified atom stereocenters. The van der Waals surface area contributed by atoms with Crippen LogP contribution in [0.1, 0.15) is 26.2 Å². The predicted octanol–water partition coefficient (Wildman–Crippen LogP) is 2.77. The third-order valence-corrected chi connectivity index (χ3v) is 3.48. The fourth-order valence-electron chi connectivity index (χ4n) is 2.68. The van der Waals surface area contributed by atoms with Gasteiger partial charge in [-0.3, -0.25) is 4.79 Å². The Kier molecular flexibility index (Phi) is 3.36. The van der Waals surface area contributed by atoms with Crippen LogP contribution in [-0.2, 0) is 4.79 Å². The molecule has 1 aliphatic rings. The highest BCUT2D eigenvalue weighted by atomic mass is 16.4. The van der Waals surface area contributed by atoms with Crippen LogP contribution in [-0.4, -0.2) is 24.2 Å². The first-order valence-corrected chi connectivity index (χ1v) is 6.11. The van der Waals surface area contributed by atoms with Gasteiger partial charge in [-0.1, -0.05) is 25.1 Å². The zero-order valence-corrected chi connectivity index (χ0v) is 10.2. The highest BCUT2D eigenvalue weighted by Crippen LogP contribution is 2.34. The number of carboxylic acids is 1. The summed E-state index contributed by atoms with van der Waals surface area (Å²) in [5.41, 5.74) is 1.10. The first kappa shape index (κ1) is 12.0. The van der Waals surface area contributed by atoms with Gasteiger partial charge in [0.05, 0.1) is 6.42 Å². The summed E-state index contributed by atoms with van der Waals surface area (Å²) in [6.07, 6.45) is 2.33. The van der Waals surface area contributed by atoms with Crippen LogP contribution in [0.3, 0.4) is 0 Å². The van der Waals surface area contributed by atoms with Crippen LogP contribution in [0.5, 0.6) is 0 Å².